The fourth-order valence-corrected chi connectivity index (χ4v) is 3.08. The molecule has 1 saturated heterocycles. The highest BCUT2D eigenvalue weighted by atomic mass is 16.5. The molecule has 1 aliphatic heterocycles. The maximum absolute atomic E-state index is 12.0. The van der Waals surface area contributed by atoms with Gasteiger partial charge in [0.2, 0.25) is 5.91 Å². The number of likely N-dealkylation sites (tertiary alicyclic amines) is 1. The molecule has 0 radical (unpaired) electrons. The molecule has 0 bridgehead atoms. The van der Waals surface area contributed by atoms with Crippen molar-refractivity contribution in [3.8, 4) is 5.75 Å². The summed E-state index contributed by atoms with van der Waals surface area (Å²) in [6.45, 7) is 10.1. The van der Waals surface area contributed by atoms with Gasteiger partial charge >= 0.3 is 0 Å². The van der Waals surface area contributed by atoms with Crippen molar-refractivity contribution in [2.75, 3.05) is 26.2 Å². The van der Waals surface area contributed by atoms with Crippen LogP contribution in [0, 0.1) is 5.92 Å². The summed E-state index contributed by atoms with van der Waals surface area (Å²) < 4.78 is 5.41. The van der Waals surface area contributed by atoms with Crippen LogP contribution in [-0.4, -0.2) is 43.1 Å². The van der Waals surface area contributed by atoms with Crippen LogP contribution < -0.4 is 10.1 Å². The number of carbonyl (C=O) groups excluding carboxylic acids is 1. The lowest BCUT2D eigenvalue weighted by atomic mass is 9.99. The number of carbonyl (C=O) groups is 1. The second-order valence-electron chi connectivity index (χ2n) is 6.67. The molecule has 1 fully saturated rings. The van der Waals surface area contributed by atoms with Crippen molar-refractivity contribution in [2.24, 2.45) is 5.92 Å². The number of benzene rings is 1. The van der Waals surface area contributed by atoms with E-state index in [1.807, 2.05) is 37.3 Å². The van der Waals surface area contributed by atoms with Gasteiger partial charge in [-0.05, 0) is 62.9 Å². The molecule has 0 aliphatic carbocycles. The van der Waals surface area contributed by atoms with E-state index in [-0.39, 0.29) is 5.91 Å². The van der Waals surface area contributed by atoms with E-state index in [0.29, 0.717) is 19.2 Å². The van der Waals surface area contributed by atoms with Crippen LogP contribution in [0.4, 0.5) is 0 Å². The Bertz CT molecular complexity index is 539. The van der Waals surface area contributed by atoms with E-state index in [1.54, 1.807) is 6.08 Å². The van der Waals surface area contributed by atoms with E-state index in [0.717, 1.165) is 30.3 Å². The minimum Gasteiger partial charge on any atom is -0.494 e. The minimum atomic E-state index is -0.0409. The lowest BCUT2D eigenvalue weighted by Crippen LogP contribution is -2.46. The molecule has 1 aliphatic rings. The minimum absolute atomic E-state index is 0.0409. The maximum Gasteiger partial charge on any atom is 0.244 e. The van der Waals surface area contributed by atoms with E-state index in [9.17, 15) is 4.79 Å². The largest absolute Gasteiger partial charge is 0.494 e. The summed E-state index contributed by atoms with van der Waals surface area (Å²) in [7, 11) is 0. The molecule has 1 amide bonds. The standard InChI is InChI=1S/C20H30N2O2/c1-4-24-19-10-7-18(8-11-19)9-12-20(23)21-14-17(3)22-13-5-6-16(2)15-22/h7-12,16-17H,4-6,13-15H2,1-3H3,(H,21,23)/b12-9+/t16-,17-/m1/s1. The zero-order valence-corrected chi connectivity index (χ0v) is 15.1. The molecule has 24 heavy (non-hydrogen) atoms. The van der Waals surface area contributed by atoms with Crippen molar-refractivity contribution in [3.63, 3.8) is 0 Å². The topological polar surface area (TPSA) is 41.6 Å². The highest BCUT2D eigenvalue weighted by Gasteiger charge is 2.20. The van der Waals surface area contributed by atoms with Crippen molar-refractivity contribution >= 4 is 12.0 Å². The average molecular weight is 330 g/mol. The number of hydrogen-bond donors (Lipinski definition) is 1. The number of rotatable bonds is 7. The number of nitrogens with one attached hydrogen (secondary N) is 1. The molecule has 4 nitrogen and oxygen atoms in total. The van der Waals surface area contributed by atoms with E-state index in [1.165, 1.54) is 12.8 Å². The number of nitrogens with zero attached hydrogens (tertiary/aromatic N) is 1. The van der Waals surface area contributed by atoms with Gasteiger partial charge in [-0.2, -0.15) is 0 Å². The van der Waals surface area contributed by atoms with E-state index >= 15 is 0 Å². The van der Waals surface area contributed by atoms with Gasteiger partial charge in [0.15, 0.2) is 0 Å². The predicted molar refractivity (Wildman–Crippen MR) is 99.1 cm³/mol. The van der Waals surface area contributed by atoms with Gasteiger partial charge in [0, 0.05) is 25.2 Å². The van der Waals surface area contributed by atoms with Crippen LogP contribution >= 0.6 is 0 Å². The molecule has 0 saturated carbocycles. The lowest BCUT2D eigenvalue weighted by molar-refractivity contribution is -0.116. The Morgan fingerprint density at radius 3 is 2.83 bits per heavy atom. The Hall–Kier alpha value is -1.81. The first-order valence-electron chi connectivity index (χ1n) is 9.01. The smallest absolute Gasteiger partial charge is 0.244 e. The Morgan fingerprint density at radius 2 is 2.17 bits per heavy atom. The van der Waals surface area contributed by atoms with Gasteiger partial charge in [-0.3, -0.25) is 9.69 Å². The quantitative estimate of drug-likeness (QED) is 0.780. The number of ether oxygens (including phenoxy) is 1. The first kappa shape index (κ1) is 18.5. The normalized spacial score (nSPS) is 20.0. The van der Waals surface area contributed by atoms with Crippen molar-refractivity contribution in [3.05, 3.63) is 35.9 Å². The summed E-state index contributed by atoms with van der Waals surface area (Å²) in [5.74, 6) is 1.57. The summed E-state index contributed by atoms with van der Waals surface area (Å²) in [6.07, 6.45) is 6.01. The van der Waals surface area contributed by atoms with Gasteiger partial charge < -0.3 is 10.1 Å². The molecule has 0 spiro atoms. The molecular formula is C20H30N2O2. The zero-order valence-electron chi connectivity index (χ0n) is 15.1. The zero-order chi connectivity index (χ0) is 17.4. The molecule has 0 unspecified atom stereocenters. The molecule has 1 N–H and O–H groups in total. The number of amides is 1. The maximum atomic E-state index is 12.0. The van der Waals surface area contributed by atoms with Crippen LogP contribution in [0.1, 0.15) is 39.2 Å². The van der Waals surface area contributed by atoms with Crippen molar-refractivity contribution in [2.45, 2.75) is 39.7 Å². The Kier molecular flexibility index (Phi) is 7.32. The molecule has 0 aromatic heterocycles. The van der Waals surface area contributed by atoms with Gasteiger partial charge in [0.1, 0.15) is 5.75 Å². The van der Waals surface area contributed by atoms with Gasteiger partial charge in [-0.25, -0.2) is 0 Å². The second-order valence-corrected chi connectivity index (χ2v) is 6.67. The van der Waals surface area contributed by atoms with Crippen LogP contribution in [0.5, 0.6) is 5.75 Å². The van der Waals surface area contributed by atoms with Gasteiger partial charge in [0.25, 0.3) is 0 Å². The average Bonchev–Trinajstić information content (AvgIpc) is 2.59. The van der Waals surface area contributed by atoms with Gasteiger partial charge in [0.05, 0.1) is 6.61 Å². The molecule has 2 atom stereocenters. The van der Waals surface area contributed by atoms with E-state index in [4.69, 9.17) is 4.74 Å². The molecule has 1 aromatic rings. The summed E-state index contributed by atoms with van der Waals surface area (Å²) in [4.78, 5) is 14.5. The Morgan fingerprint density at radius 1 is 1.42 bits per heavy atom. The Balaban J connectivity index is 1.75. The first-order chi connectivity index (χ1) is 11.6. The van der Waals surface area contributed by atoms with Crippen LogP contribution in [0.2, 0.25) is 0 Å². The summed E-state index contributed by atoms with van der Waals surface area (Å²) in [5, 5.41) is 3.00. The van der Waals surface area contributed by atoms with E-state index < -0.39 is 0 Å². The fraction of sp³-hybridized carbons (Fsp3) is 0.550. The van der Waals surface area contributed by atoms with Crippen LogP contribution in [0.15, 0.2) is 30.3 Å². The van der Waals surface area contributed by atoms with Gasteiger partial charge in [-0.15, -0.1) is 0 Å². The molecule has 2 rings (SSSR count). The fourth-order valence-electron chi connectivity index (χ4n) is 3.08. The van der Waals surface area contributed by atoms with Crippen molar-refractivity contribution in [1.29, 1.82) is 0 Å². The number of hydrogen-bond acceptors (Lipinski definition) is 3. The number of piperidine rings is 1. The molecule has 1 heterocycles. The SMILES string of the molecule is CCOc1ccc(/C=C/C(=O)NC[C@@H](C)N2CCC[C@@H](C)C2)cc1. The summed E-state index contributed by atoms with van der Waals surface area (Å²) in [6, 6.07) is 8.12. The summed E-state index contributed by atoms with van der Waals surface area (Å²) >= 11 is 0. The highest BCUT2D eigenvalue weighted by Crippen LogP contribution is 2.17. The third-order valence-electron chi connectivity index (χ3n) is 4.50. The Labute approximate surface area is 145 Å². The third-order valence-corrected chi connectivity index (χ3v) is 4.50. The van der Waals surface area contributed by atoms with Gasteiger partial charge in [-0.1, -0.05) is 19.1 Å². The van der Waals surface area contributed by atoms with Crippen LogP contribution in [0.3, 0.4) is 0 Å². The van der Waals surface area contributed by atoms with Crippen molar-refractivity contribution < 1.29 is 9.53 Å². The van der Waals surface area contributed by atoms with Crippen LogP contribution in [0.25, 0.3) is 6.08 Å². The lowest BCUT2D eigenvalue weighted by Gasteiger charge is -2.35. The first-order valence-corrected chi connectivity index (χ1v) is 9.01. The molecule has 4 heteroatoms. The van der Waals surface area contributed by atoms with E-state index in [2.05, 4.69) is 24.1 Å². The monoisotopic (exact) mass is 330 g/mol. The summed E-state index contributed by atoms with van der Waals surface area (Å²) in [5.41, 5.74) is 0.992. The van der Waals surface area contributed by atoms with Crippen LogP contribution in [-0.2, 0) is 4.79 Å². The third kappa shape index (κ3) is 6.00. The second kappa shape index (κ2) is 9.48. The molecule has 132 valence electrons. The predicted octanol–water partition coefficient (Wildman–Crippen LogP) is 3.34. The molecular weight excluding hydrogens is 300 g/mol. The van der Waals surface area contributed by atoms with Crippen molar-refractivity contribution in [1.82, 2.24) is 10.2 Å². The highest BCUT2D eigenvalue weighted by molar-refractivity contribution is 5.91. The molecule has 1 aromatic carbocycles.